The molecule has 0 heterocycles. The predicted octanol–water partition coefficient (Wildman–Crippen LogP) is 3.39. The number of hydrogen-bond donors (Lipinski definition) is 1. The van der Waals surface area contributed by atoms with Crippen LogP contribution in [-0.4, -0.2) is 31.2 Å². The molecule has 0 aliphatic rings. The molecule has 0 aliphatic heterocycles. The standard InChI is InChI=1S/C11H8BrF6NO3/c12-6-3-5(7(20)4-19)1-2-8(6)21-10(14,15)9(13)22-11(16,17)18/h1-3,9H,4,19H2. The maximum Gasteiger partial charge on any atom is 0.525 e. The number of Topliss-reactive ketones (excluding diaryl/α,β-unsaturated/α-hetero) is 1. The maximum absolute atomic E-state index is 13.2. The summed E-state index contributed by atoms with van der Waals surface area (Å²) in [6, 6.07) is 2.95. The van der Waals surface area contributed by atoms with E-state index in [1.807, 2.05) is 0 Å². The Kier molecular flexibility index (Phi) is 5.82. The molecular weight excluding hydrogens is 388 g/mol. The van der Waals surface area contributed by atoms with Crippen molar-refractivity contribution >= 4 is 21.7 Å². The van der Waals surface area contributed by atoms with Crippen molar-refractivity contribution in [2.75, 3.05) is 6.54 Å². The molecule has 4 nitrogen and oxygen atoms in total. The predicted molar refractivity (Wildman–Crippen MR) is 65.1 cm³/mol. The summed E-state index contributed by atoms with van der Waals surface area (Å²) < 4.78 is 80.7. The van der Waals surface area contributed by atoms with Crippen LogP contribution in [0.1, 0.15) is 10.4 Å². The Hall–Kier alpha value is -1.33. The van der Waals surface area contributed by atoms with E-state index in [1.54, 1.807) is 0 Å². The second kappa shape index (κ2) is 6.84. The molecule has 0 bridgehead atoms. The lowest BCUT2D eigenvalue weighted by atomic mass is 10.1. The van der Waals surface area contributed by atoms with E-state index in [9.17, 15) is 31.1 Å². The highest BCUT2D eigenvalue weighted by Crippen LogP contribution is 2.35. The van der Waals surface area contributed by atoms with Gasteiger partial charge in [-0.25, -0.2) is 9.13 Å². The zero-order chi connectivity index (χ0) is 17.1. The molecule has 0 fully saturated rings. The van der Waals surface area contributed by atoms with Crippen molar-refractivity contribution in [1.82, 2.24) is 0 Å². The fraction of sp³-hybridized carbons (Fsp3) is 0.364. The van der Waals surface area contributed by atoms with Crippen molar-refractivity contribution in [3.05, 3.63) is 28.2 Å². The van der Waals surface area contributed by atoms with E-state index in [0.717, 1.165) is 18.2 Å². The van der Waals surface area contributed by atoms with Gasteiger partial charge in [-0.15, -0.1) is 13.2 Å². The van der Waals surface area contributed by atoms with Gasteiger partial charge in [0.2, 0.25) is 0 Å². The Labute approximate surface area is 128 Å². The largest absolute Gasteiger partial charge is 0.525 e. The molecule has 22 heavy (non-hydrogen) atoms. The number of hydrogen-bond acceptors (Lipinski definition) is 4. The number of ketones is 1. The summed E-state index contributed by atoms with van der Waals surface area (Å²) in [5.41, 5.74) is 5.15. The topological polar surface area (TPSA) is 61.6 Å². The van der Waals surface area contributed by atoms with Crippen LogP contribution in [0.5, 0.6) is 5.75 Å². The lowest BCUT2D eigenvalue weighted by Gasteiger charge is -2.22. The lowest BCUT2D eigenvalue weighted by Crippen LogP contribution is -2.41. The smallest absolute Gasteiger partial charge is 0.427 e. The quantitative estimate of drug-likeness (QED) is 0.592. The van der Waals surface area contributed by atoms with Gasteiger partial charge >= 0.3 is 18.8 Å². The van der Waals surface area contributed by atoms with E-state index in [1.165, 1.54) is 0 Å². The van der Waals surface area contributed by atoms with Gasteiger partial charge in [0.05, 0.1) is 11.0 Å². The third-order valence-electron chi connectivity index (χ3n) is 2.19. The van der Waals surface area contributed by atoms with E-state index in [4.69, 9.17) is 5.73 Å². The first-order chi connectivity index (χ1) is 9.96. The molecule has 2 N–H and O–H groups in total. The molecule has 1 aromatic carbocycles. The summed E-state index contributed by atoms with van der Waals surface area (Å²) in [6.45, 7) is -0.339. The van der Waals surface area contributed by atoms with Gasteiger partial charge in [0, 0.05) is 5.56 Å². The normalized spacial score (nSPS) is 13.8. The maximum atomic E-state index is 13.2. The first kappa shape index (κ1) is 18.7. The summed E-state index contributed by atoms with van der Waals surface area (Å²) in [4.78, 5) is 11.3. The SMILES string of the molecule is NCC(=O)c1ccc(OC(F)(F)C(F)OC(F)(F)F)c(Br)c1. The monoisotopic (exact) mass is 395 g/mol. The van der Waals surface area contributed by atoms with Crippen LogP contribution in [0, 0.1) is 0 Å². The summed E-state index contributed by atoms with van der Waals surface area (Å²) in [5, 5.41) is 0. The Morgan fingerprint density at radius 2 is 1.86 bits per heavy atom. The Morgan fingerprint density at radius 3 is 2.32 bits per heavy atom. The second-order valence-electron chi connectivity index (χ2n) is 3.82. The minimum atomic E-state index is -5.60. The van der Waals surface area contributed by atoms with E-state index >= 15 is 0 Å². The average molecular weight is 396 g/mol. The molecule has 0 saturated heterocycles. The van der Waals surface area contributed by atoms with Gasteiger partial charge in [-0.3, -0.25) is 4.79 Å². The number of rotatable bonds is 6. The van der Waals surface area contributed by atoms with Crippen molar-refractivity contribution in [2.24, 2.45) is 5.73 Å². The third-order valence-corrected chi connectivity index (χ3v) is 2.81. The molecule has 1 aromatic rings. The molecule has 1 rings (SSSR count). The minimum absolute atomic E-state index is 0.0494. The number of nitrogens with two attached hydrogens (primary N) is 1. The van der Waals surface area contributed by atoms with Gasteiger partial charge in [0.15, 0.2) is 5.78 Å². The highest BCUT2D eigenvalue weighted by atomic mass is 79.9. The van der Waals surface area contributed by atoms with Gasteiger partial charge in [-0.05, 0) is 34.1 Å². The van der Waals surface area contributed by atoms with Crippen LogP contribution >= 0.6 is 15.9 Å². The van der Waals surface area contributed by atoms with Crippen LogP contribution in [0.4, 0.5) is 26.3 Å². The minimum Gasteiger partial charge on any atom is -0.427 e. The zero-order valence-corrected chi connectivity index (χ0v) is 12.1. The van der Waals surface area contributed by atoms with Crippen LogP contribution in [0.25, 0.3) is 0 Å². The van der Waals surface area contributed by atoms with E-state index < -0.39 is 30.4 Å². The summed E-state index contributed by atoms with van der Waals surface area (Å²) >= 11 is 2.77. The van der Waals surface area contributed by atoms with Gasteiger partial charge in [-0.1, -0.05) is 0 Å². The molecule has 0 aliphatic carbocycles. The molecule has 1 atom stereocenters. The van der Waals surface area contributed by atoms with Gasteiger partial charge in [-0.2, -0.15) is 8.78 Å². The highest BCUT2D eigenvalue weighted by Gasteiger charge is 2.50. The zero-order valence-electron chi connectivity index (χ0n) is 10.5. The first-order valence-corrected chi connectivity index (χ1v) is 6.24. The summed E-state index contributed by atoms with van der Waals surface area (Å²) in [7, 11) is 0. The fourth-order valence-electron chi connectivity index (χ4n) is 1.25. The summed E-state index contributed by atoms with van der Waals surface area (Å²) in [5.74, 6) is -1.20. The Balaban J connectivity index is 2.91. The average Bonchev–Trinajstić information content (AvgIpc) is 2.38. The number of halogens is 7. The van der Waals surface area contributed by atoms with E-state index in [2.05, 4.69) is 25.4 Å². The molecule has 124 valence electrons. The van der Waals surface area contributed by atoms with Crippen LogP contribution in [0.15, 0.2) is 22.7 Å². The van der Waals surface area contributed by atoms with Crippen molar-refractivity contribution in [3.63, 3.8) is 0 Å². The molecule has 0 amide bonds. The first-order valence-electron chi connectivity index (χ1n) is 5.44. The number of ether oxygens (including phenoxy) is 2. The third kappa shape index (κ3) is 5.14. The summed E-state index contributed by atoms with van der Waals surface area (Å²) in [6.07, 6.45) is -14.6. The van der Waals surface area contributed by atoms with Crippen LogP contribution in [0.3, 0.4) is 0 Å². The molecule has 0 aromatic heterocycles. The van der Waals surface area contributed by atoms with Gasteiger partial charge < -0.3 is 10.5 Å². The van der Waals surface area contributed by atoms with Crippen molar-refractivity contribution in [3.8, 4) is 5.75 Å². The fourth-order valence-corrected chi connectivity index (χ4v) is 1.71. The van der Waals surface area contributed by atoms with Gasteiger partial charge in [0.25, 0.3) is 0 Å². The van der Waals surface area contributed by atoms with E-state index in [-0.39, 0.29) is 16.6 Å². The van der Waals surface area contributed by atoms with Crippen LogP contribution in [-0.2, 0) is 4.74 Å². The number of alkyl halides is 6. The second-order valence-corrected chi connectivity index (χ2v) is 4.67. The van der Waals surface area contributed by atoms with Crippen molar-refractivity contribution < 1.29 is 40.6 Å². The number of carbonyl (C=O) groups excluding carboxylic acids is 1. The number of carbonyl (C=O) groups is 1. The molecule has 11 heteroatoms. The van der Waals surface area contributed by atoms with Gasteiger partial charge in [0.1, 0.15) is 5.75 Å². The Bertz CT molecular complexity index is 551. The highest BCUT2D eigenvalue weighted by molar-refractivity contribution is 9.10. The van der Waals surface area contributed by atoms with Crippen molar-refractivity contribution in [2.45, 2.75) is 18.8 Å². The number of benzene rings is 1. The molecule has 0 spiro atoms. The molecule has 0 saturated carbocycles. The Morgan fingerprint density at radius 1 is 1.27 bits per heavy atom. The van der Waals surface area contributed by atoms with E-state index in [0.29, 0.717) is 0 Å². The van der Waals surface area contributed by atoms with Crippen LogP contribution in [0.2, 0.25) is 0 Å². The molecular formula is C11H8BrF6NO3. The van der Waals surface area contributed by atoms with Crippen molar-refractivity contribution in [1.29, 1.82) is 0 Å². The molecule has 0 radical (unpaired) electrons. The van der Waals surface area contributed by atoms with Crippen LogP contribution < -0.4 is 10.5 Å². The molecule has 1 unspecified atom stereocenters. The lowest BCUT2D eigenvalue weighted by molar-refractivity contribution is -0.411.